The Morgan fingerprint density at radius 1 is 1.77 bits per heavy atom. The van der Waals surface area contributed by atoms with E-state index in [0.717, 1.165) is 12.0 Å². The molecule has 0 N–H and O–H groups in total. The van der Waals surface area contributed by atoms with Gasteiger partial charge in [0.1, 0.15) is 6.10 Å². The van der Waals surface area contributed by atoms with Crippen LogP contribution in [0.2, 0.25) is 0 Å². The van der Waals surface area contributed by atoms with Crippen LogP contribution in [-0.4, -0.2) is 18.4 Å². The van der Waals surface area contributed by atoms with E-state index in [1.807, 2.05) is 0 Å². The van der Waals surface area contributed by atoms with E-state index in [4.69, 9.17) is 9.47 Å². The molecule has 0 aromatic heterocycles. The zero-order valence-electron chi connectivity index (χ0n) is 7.79. The largest absolute Gasteiger partial charge is 0.436 e. The molecule has 1 rings (SSSR count). The molecule has 3 heteroatoms. The van der Waals surface area contributed by atoms with Crippen molar-refractivity contribution in [1.29, 1.82) is 0 Å². The van der Waals surface area contributed by atoms with Gasteiger partial charge in [-0.25, -0.2) is 0 Å². The summed E-state index contributed by atoms with van der Waals surface area (Å²) in [4.78, 5) is 10.6. The van der Waals surface area contributed by atoms with E-state index < -0.39 is 6.29 Å². The molecule has 0 aromatic rings. The second-order valence-corrected chi connectivity index (χ2v) is 3.03. The number of ether oxygens (including phenoxy) is 2. The standard InChI is InChI=1S/C10H14O3/c1-4-9-7(2)5-6-10(13-9)12-8(3)11/h4,9-10H,1-2,5-6H2,3H3/t9-,10-/m0/s1. The molecule has 0 unspecified atom stereocenters. The van der Waals surface area contributed by atoms with Gasteiger partial charge in [-0.1, -0.05) is 12.7 Å². The van der Waals surface area contributed by atoms with Crippen LogP contribution in [0.4, 0.5) is 0 Å². The average molecular weight is 182 g/mol. The third-order valence-corrected chi connectivity index (χ3v) is 1.91. The number of carbonyl (C=O) groups excluding carboxylic acids is 1. The van der Waals surface area contributed by atoms with E-state index in [9.17, 15) is 4.79 Å². The summed E-state index contributed by atoms with van der Waals surface area (Å²) in [5.74, 6) is -0.319. The highest BCUT2D eigenvalue weighted by Gasteiger charge is 2.24. The zero-order valence-corrected chi connectivity index (χ0v) is 7.79. The van der Waals surface area contributed by atoms with Gasteiger partial charge in [-0.2, -0.15) is 0 Å². The van der Waals surface area contributed by atoms with Crippen molar-refractivity contribution in [3.8, 4) is 0 Å². The second kappa shape index (κ2) is 4.23. The van der Waals surface area contributed by atoms with Gasteiger partial charge >= 0.3 is 5.97 Å². The minimum atomic E-state index is -0.439. The summed E-state index contributed by atoms with van der Waals surface area (Å²) in [7, 11) is 0. The summed E-state index contributed by atoms with van der Waals surface area (Å²) < 4.78 is 10.3. The lowest BCUT2D eigenvalue weighted by molar-refractivity contribution is -0.186. The van der Waals surface area contributed by atoms with E-state index in [2.05, 4.69) is 13.2 Å². The first-order valence-electron chi connectivity index (χ1n) is 4.26. The lowest BCUT2D eigenvalue weighted by atomic mass is 10.0. The summed E-state index contributed by atoms with van der Waals surface area (Å²) in [6.45, 7) is 8.84. The molecule has 0 aliphatic carbocycles. The average Bonchev–Trinajstić information content (AvgIpc) is 2.07. The molecular formula is C10H14O3. The molecule has 72 valence electrons. The number of rotatable bonds is 2. The molecule has 1 fully saturated rings. The molecule has 2 atom stereocenters. The molecule has 0 saturated carbocycles. The first-order chi connectivity index (χ1) is 6.13. The zero-order chi connectivity index (χ0) is 9.84. The number of esters is 1. The van der Waals surface area contributed by atoms with E-state index in [0.29, 0.717) is 6.42 Å². The van der Waals surface area contributed by atoms with Gasteiger partial charge in [-0.05, 0) is 12.0 Å². The van der Waals surface area contributed by atoms with Crippen molar-refractivity contribution in [1.82, 2.24) is 0 Å². The van der Waals surface area contributed by atoms with Crippen LogP contribution in [0, 0.1) is 0 Å². The molecule has 13 heavy (non-hydrogen) atoms. The van der Waals surface area contributed by atoms with Crippen LogP contribution < -0.4 is 0 Å². The Kier molecular flexibility index (Phi) is 3.25. The summed E-state index contributed by atoms with van der Waals surface area (Å²) >= 11 is 0. The van der Waals surface area contributed by atoms with Crippen molar-refractivity contribution in [2.24, 2.45) is 0 Å². The lowest BCUT2D eigenvalue weighted by Crippen LogP contribution is -2.31. The van der Waals surface area contributed by atoms with Crippen LogP contribution >= 0.6 is 0 Å². The first-order valence-corrected chi connectivity index (χ1v) is 4.26. The Morgan fingerprint density at radius 2 is 2.46 bits per heavy atom. The van der Waals surface area contributed by atoms with Gasteiger partial charge in [0.25, 0.3) is 0 Å². The van der Waals surface area contributed by atoms with E-state index in [-0.39, 0.29) is 12.1 Å². The maximum absolute atomic E-state index is 10.6. The Bertz CT molecular complexity index is 232. The second-order valence-electron chi connectivity index (χ2n) is 3.03. The Hall–Kier alpha value is -1.09. The van der Waals surface area contributed by atoms with E-state index in [1.165, 1.54) is 6.92 Å². The smallest absolute Gasteiger partial charge is 0.304 e. The van der Waals surface area contributed by atoms with Crippen molar-refractivity contribution >= 4 is 5.97 Å². The number of hydrogen-bond donors (Lipinski definition) is 0. The van der Waals surface area contributed by atoms with Crippen molar-refractivity contribution in [2.75, 3.05) is 0 Å². The fraction of sp³-hybridized carbons (Fsp3) is 0.500. The van der Waals surface area contributed by atoms with Gasteiger partial charge in [-0.3, -0.25) is 4.79 Å². The van der Waals surface area contributed by atoms with Gasteiger partial charge < -0.3 is 9.47 Å². The van der Waals surface area contributed by atoms with Crippen LogP contribution in [0.15, 0.2) is 24.8 Å². The Morgan fingerprint density at radius 3 is 3.00 bits per heavy atom. The van der Waals surface area contributed by atoms with Crippen molar-refractivity contribution in [3.05, 3.63) is 24.8 Å². The van der Waals surface area contributed by atoms with Gasteiger partial charge in [0, 0.05) is 13.3 Å². The van der Waals surface area contributed by atoms with Crippen LogP contribution in [-0.2, 0) is 14.3 Å². The molecule has 0 radical (unpaired) electrons. The van der Waals surface area contributed by atoms with Gasteiger partial charge in [0.05, 0.1) is 0 Å². The molecule has 1 aliphatic rings. The van der Waals surface area contributed by atoms with Gasteiger partial charge in [0.2, 0.25) is 6.29 Å². The molecule has 1 saturated heterocycles. The quantitative estimate of drug-likeness (QED) is 0.482. The lowest BCUT2D eigenvalue weighted by Gasteiger charge is -2.29. The molecule has 3 nitrogen and oxygen atoms in total. The summed E-state index contributed by atoms with van der Waals surface area (Å²) in [6, 6.07) is 0. The summed E-state index contributed by atoms with van der Waals surface area (Å²) in [5, 5.41) is 0. The molecule has 1 heterocycles. The summed E-state index contributed by atoms with van der Waals surface area (Å²) in [6.07, 6.45) is 2.54. The first kappa shape index (κ1) is 9.99. The third-order valence-electron chi connectivity index (χ3n) is 1.91. The third kappa shape index (κ3) is 2.70. The highest BCUT2D eigenvalue weighted by atomic mass is 16.7. The molecule has 0 bridgehead atoms. The predicted octanol–water partition coefficient (Wildman–Crippen LogP) is 1.80. The maximum Gasteiger partial charge on any atom is 0.304 e. The van der Waals surface area contributed by atoms with Crippen molar-refractivity contribution in [3.63, 3.8) is 0 Å². The van der Waals surface area contributed by atoms with Gasteiger partial charge in [-0.15, -0.1) is 6.58 Å². The van der Waals surface area contributed by atoms with Crippen LogP contribution in [0.3, 0.4) is 0 Å². The molecule has 1 aliphatic heterocycles. The Labute approximate surface area is 78.0 Å². The van der Waals surface area contributed by atoms with Crippen LogP contribution in [0.25, 0.3) is 0 Å². The summed E-state index contributed by atoms with van der Waals surface area (Å²) in [5.41, 5.74) is 0.985. The van der Waals surface area contributed by atoms with Crippen molar-refractivity contribution in [2.45, 2.75) is 32.2 Å². The topological polar surface area (TPSA) is 35.5 Å². The monoisotopic (exact) mass is 182 g/mol. The van der Waals surface area contributed by atoms with Crippen LogP contribution in [0.5, 0.6) is 0 Å². The van der Waals surface area contributed by atoms with E-state index in [1.54, 1.807) is 6.08 Å². The van der Waals surface area contributed by atoms with Crippen LogP contribution in [0.1, 0.15) is 19.8 Å². The highest BCUT2D eigenvalue weighted by Crippen LogP contribution is 2.24. The van der Waals surface area contributed by atoms with Gasteiger partial charge in [0.15, 0.2) is 0 Å². The normalized spacial score (nSPS) is 28.2. The minimum Gasteiger partial charge on any atom is -0.436 e. The minimum absolute atomic E-state index is 0.182. The number of hydrogen-bond acceptors (Lipinski definition) is 3. The Balaban J connectivity index is 2.49. The predicted molar refractivity (Wildman–Crippen MR) is 49.0 cm³/mol. The molecule has 0 amide bonds. The molecular weight excluding hydrogens is 168 g/mol. The fourth-order valence-electron chi connectivity index (χ4n) is 1.27. The van der Waals surface area contributed by atoms with E-state index >= 15 is 0 Å². The fourth-order valence-corrected chi connectivity index (χ4v) is 1.27. The van der Waals surface area contributed by atoms with Crippen molar-refractivity contribution < 1.29 is 14.3 Å². The molecule has 0 spiro atoms. The maximum atomic E-state index is 10.6. The highest BCUT2D eigenvalue weighted by molar-refractivity contribution is 5.66. The SMILES string of the molecule is C=C[C@@H]1O[C@H](OC(C)=O)CCC1=C. The number of carbonyl (C=O) groups is 1. The molecule has 0 aromatic carbocycles.